The average Bonchev–Trinajstić information content (AvgIpc) is 2.87. The zero-order valence-corrected chi connectivity index (χ0v) is 11.8. The highest BCUT2D eigenvalue weighted by Crippen LogP contribution is 2.20. The van der Waals surface area contributed by atoms with Gasteiger partial charge in [-0.2, -0.15) is 0 Å². The van der Waals surface area contributed by atoms with Gasteiger partial charge in [0, 0.05) is 17.1 Å². The first-order valence-electron chi connectivity index (χ1n) is 6.28. The Morgan fingerprint density at radius 2 is 1.95 bits per heavy atom. The van der Waals surface area contributed by atoms with Crippen molar-refractivity contribution >= 4 is 11.6 Å². The fraction of sp³-hybridized carbons (Fsp3) is 0.385. The van der Waals surface area contributed by atoms with Crippen LogP contribution in [0, 0.1) is 0 Å². The summed E-state index contributed by atoms with van der Waals surface area (Å²) in [6.07, 6.45) is -2.49. The molecule has 1 aromatic heterocycles. The van der Waals surface area contributed by atoms with Crippen LogP contribution in [-0.2, 0) is 6.54 Å². The van der Waals surface area contributed by atoms with Gasteiger partial charge in [-0.15, -0.1) is 10.2 Å². The first kappa shape index (κ1) is 15.8. The lowest BCUT2D eigenvalue weighted by molar-refractivity contribution is 0.0704. The van der Waals surface area contributed by atoms with Gasteiger partial charge in [-0.3, -0.25) is 4.90 Å². The maximum absolute atomic E-state index is 12.4. The molecule has 5 nitrogen and oxygen atoms in total. The number of aliphatic hydroxyl groups excluding tert-OH is 1. The van der Waals surface area contributed by atoms with Gasteiger partial charge in [0.25, 0.3) is 6.43 Å². The van der Waals surface area contributed by atoms with E-state index >= 15 is 0 Å². The van der Waals surface area contributed by atoms with E-state index in [4.69, 9.17) is 21.1 Å². The van der Waals surface area contributed by atoms with Crippen molar-refractivity contribution in [3.8, 4) is 11.5 Å². The van der Waals surface area contributed by atoms with Gasteiger partial charge in [0.2, 0.25) is 11.8 Å². The van der Waals surface area contributed by atoms with Gasteiger partial charge in [-0.25, -0.2) is 8.78 Å². The van der Waals surface area contributed by atoms with Crippen LogP contribution in [0.2, 0.25) is 5.02 Å². The first-order valence-corrected chi connectivity index (χ1v) is 6.66. The van der Waals surface area contributed by atoms with E-state index in [1.54, 1.807) is 24.3 Å². The molecule has 0 spiro atoms. The lowest BCUT2D eigenvalue weighted by Crippen LogP contribution is -2.31. The van der Waals surface area contributed by atoms with Crippen LogP contribution >= 0.6 is 11.6 Å². The Balaban J connectivity index is 2.06. The number of hydrogen-bond donors (Lipinski definition) is 1. The molecule has 0 aliphatic carbocycles. The van der Waals surface area contributed by atoms with E-state index in [0.717, 1.165) is 0 Å². The van der Waals surface area contributed by atoms with E-state index < -0.39 is 13.0 Å². The molecule has 2 aromatic rings. The normalized spacial score (nSPS) is 11.5. The van der Waals surface area contributed by atoms with Gasteiger partial charge in [0.1, 0.15) is 0 Å². The summed E-state index contributed by atoms with van der Waals surface area (Å²) >= 11 is 5.79. The number of halogens is 3. The SMILES string of the molecule is OCCN(Cc1nnc(-c2ccc(Cl)cc2)o1)CC(F)F. The minimum absolute atomic E-state index is 0.0610. The second-order valence-electron chi connectivity index (χ2n) is 4.36. The summed E-state index contributed by atoms with van der Waals surface area (Å²) in [6, 6.07) is 6.83. The van der Waals surface area contributed by atoms with Gasteiger partial charge in [-0.1, -0.05) is 11.6 Å². The summed E-state index contributed by atoms with van der Waals surface area (Å²) in [5, 5.41) is 17.2. The van der Waals surface area contributed by atoms with Crippen LogP contribution < -0.4 is 0 Å². The highest BCUT2D eigenvalue weighted by atomic mass is 35.5. The lowest BCUT2D eigenvalue weighted by atomic mass is 10.2. The maximum Gasteiger partial charge on any atom is 0.251 e. The summed E-state index contributed by atoms with van der Waals surface area (Å²) < 4.78 is 30.3. The van der Waals surface area contributed by atoms with Crippen molar-refractivity contribution < 1.29 is 18.3 Å². The number of aromatic nitrogens is 2. The Morgan fingerprint density at radius 1 is 1.24 bits per heavy atom. The highest BCUT2D eigenvalue weighted by Gasteiger charge is 2.16. The predicted octanol–water partition coefficient (Wildman–Crippen LogP) is 2.45. The number of benzene rings is 1. The monoisotopic (exact) mass is 317 g/mol. The summed E-state index contributed by atoms with van der Waals surface area (Å²) in [4.78, 5) is 1.35. The maximum atomic E-state index is 12.4. The number of hydrogen-bond acceptors (Lipinski definition) is 5. The quantitative estimate of drug-likeness (QED) is 0.850. The third kappa shape index (κ3) is 4.73. The van der Waals surface area contributed by atoms with Crippen molar-refractivity contribution in [3.63, 3.8) is 0 Å². The van der Waals surface area contributed by atoms with Gasteiger partial charge in [0.05, 0.1) is 19.7 Å². The molecule has 0 saturated carbocycles. The second kappa shape index (κ2) is 7.44. The molecule has 1 heterocycles. The molecule has 2 rings (SSSR count). The van der Waals surface area contributed by atoms with Crippen molar-refractivity contribution in [2.45, 2.75) is 13.0 Å². The standard InChI is InChI=1S/C13H14ClF2N3O2/c14-10-3-1-9(2-4-10)13-18-17-12(21-13)8-19(5-6-20)7-11(15)16/h1-4,11,20H,5-8H2. The van der Waals surface area contributed by atoms with Crippen molar-refractivity contribution in [3.05, 3.63) is 35.2 Å². The van der Waals surface area contributed by atoms with Crippen LogP contribution in [0.25, 0.3) is 11.5 Å². The van der Waals surface area contributed by atoms with Crippen LogP contribution in [0.5, 0.6) is 0 Å². The van der Waals surface area contributed by atoms with Gasteiger partial charge >= 0.3 is 0 Å². The molecule has 8 heteroatoms. The van der Waals surface area contributed by atoms with E-state index in [1.165, 1.54) is 4.90 Å². The third-order valence-corrected chi connectivity index (χ3v) is 2.98. The zero-order chi connectivity index (χ0) is 15.2. The summed E-state index contributed by atoms with van der Waals surface area (Å²) in [6.45, 7) is -0.501. The topological polar surface area (TPSA) is 62.4 Å². The molecule has 0 aliphatic rings. The third-order valence-electron chi connectivity index (χ3n) is 2.73. The molecule has 0 fully saturated rings. The zero-order valence-electron chi connectivity index (χ0n) is 11.0. The Labute approximate surface area is 125 Å². The smallest absolute Gasteiger partial charge is 0.251 e. The Bertz CT molecular complexity index is 563. The molecule has 0 radical (unpaired) electrons. The molecule has 0 unspecified atom stereocenters. The molecular weight excluding hydrogens is 304 g/mol. The number of rotatable bonds is 7. The predicted molar refractivity (Wildman–Crippen MR) is 73.1 cm³/mol. The van der Waals surface area contributed by atoms with Crippen LogP contribution in [0.4, 0.5) is 8.78 Å². The number of aliphatic hydroxyl groups is 1. The number of alkyl halides is 2. The van der Waals surface area contributed by atoms with Gasteiger partial charge in [-0.05, 0) is 24.3 Å². The Kier molecular flexibility index (Phi) is 5.60. The Hall–Kier alpha value is -1.57. The fourth-order valence-corrected chi connectivity index (χ4v) is 1.92. The molecule has 0 amide bonds. The molecule has 0 atom stereocenters. The lowest BCUT2D eigenvalue weighted by Gasteiger charge is -2.18. The fourth-order valence-electron chi connectivity index (χ4n) is 1.79. The van der Waals surface area contributed by atoms with E-state index in [9.17, 15) is 8.78 Å². The van der Waals surface area contributed by atoms with E-state index in [2.05, 4.69) is 10.2 Å². The summed E-state index contributed by atoms with van der Waals surface area (Å²) in [5.74, 6) is 0.511. The highest BCUT2D eigenvalue weighted by molar-refractivity contribution is 6.30. The largest absolute Gasteiger partial charge is 0.419 e. The summed E-state index contributed by atoms with van der Waals surface area (Å²) in [7, 11) is 0. The van der Waals surface area contributed by atoms with Crippen molar-refractivity contribution in [2.24, 2.45) is 0 Å². The molecule has 0 bridgehead atoms. The van der Waals surface area contributed by atoms with Crippen molar-refractivity contribution in [2.75, 3.05) is 19.7 Å². The van der Waals surface area contributed by atoms with E-state index in [1.807, 2.05) is 0 Å². The van der Waals surface area contributed by atoms with E-state index in [-0.39, 0.29) is 25.6 Å². The minimum Gasteiger partial charge on any atom is -0.419 e. The van der Waals surface area contributed by atoms with Gasteiger partial charge < -0.3 is 9.52 Å². The minimum atomic E-state index is -2.49. The molecule has 1 aromatic carbocycles. The molecule has 0 saturated heterocycles. The second-order valence-corrected chi connectivity index (χ2v) is 4.79. The first-order chi connectivity index (χ1) is 10.1. The summed E-state index contributed by atoms with van der Waals surface area (Å²) in [5.41, 5.74) is 0.695. The van der Waals surface area contributed by atoms with Crippen molar-refractivity contribution in [1.82, 2.24) is 15.1 Å². The molecular formula is C13H14ClF2N3O2. The number of nitrogens with zero attached hydrogens (tertiary/aromatic N) is 3. The Morgan fingerprint density at radius 3 is 2.57 bits per heavy atom. The van der Waals surface area contributed by atoms with E-state index in [0.29, 0.717) is 16.5 Å². The molecule has 114 valence electrons. The van der Waals surface area contributed by atoms with Crippen LogP contribution in [-0.4, -0.2) is 46.3 Å². The molecule has 1 N–H and O–H groups in total. The molecule has 0 aliphatic heterocycles. The van der Waals surface area contributed by atoms with Crippen LogP contribution in [0.3, 0.4) is 0 Å². The molecule has 21 heavy (non-hydrogen) atoms. The van der Waals surface area contributed by atoms with Crippen molar-refractivity contribution in [1.29, 1.82) is 0 Å². The van der Waals surface area contributed by atoms with Crippen LogP contribution in [0.1, 0.15) is 5.89 Å². The average molecular weight is 318 g/mol. The van der Waals surface area contributed by atoms with Crippen LogP contribution in [0.15, 0.2) is 28.7 Å². The van der Waals surface area contributed by atoms with Gasteiger partial charge in [0.15, 0.2) is 0 Å².